The molecule has 1 saturated heterocycles. The molecule has 0 spiro atoms. The standard InChI is InChI=1S/C45H54N4O7.3ClH/c1-8-9-18-56-39-12-10-37(11-13-39)49(30-32-20-36(28-47-26-32)34-23-42(52-4)45(55-7)43(24-34)53-5)38-14-16-48(17-15-38)29-31-19-35(27-46-25-31)33-21-40(50-2)44(54-6)41(22-33)51-3;;;/h10-13,19-28,38H,8-9,14-18,29-30H2,1-7H3;3*1H. The lowest BCUT2D eigenvalue weighted by atomic mass is 9.99. The Kier molecular flexibility index (Phi) is 19.5. The summed E-state index contributed by atoms with van der Waals surface area (Å²) in [6.45, 7) is 6.32. The lowest BCUT2D eigenvalue weighted by Gasteiger charge is -2.40. The zero-order valence-corrected chi connectivity index (χ0v) is 37.3. The molecule has 14 heteroatoms. The number of anilines is 1. The first-order chi connectivity index (χ1) is 27.4. The molecule has 0 amide bonds. The van der Waals surface area contributed by atoms with E-state index in [9.17, 15) is 0 Å². The number of hydrogen-bond acceptors (Lipinski definition) is 11. The number of hydrogen-bond donors (Lipinski definition) is 0. The third kappa shape index (κ3) is 11.9. The van der Waals surface area contributed by atoms with Crippen molar-refractivity contribution < 1.29 is 33.2 Å². The maximum absolute atomic E-state index is 6.02. The fourth-order valence-corrected chi connectivity index (χ4v) is 7.30. The summed E-state index contributed by atoms with van der Waals surface area (Å²) in [5.74, 6) is 4.45. The van der Waals surface area contributed by atoms with Crippen LogP contribution in [0.1, 0.15) is 43.7 Å². The number of halogens is 3. The van der Waals surface area contributed by atoms with E-state index in [4.69, 9.17) is 33.2 Å². The summed E-state index contributed by atoms with van der Waals surface area (Å²) in [6, 6.07) is 21.1. The van der Waals surface area contributed by atoms with Crippen molar-refractivity contribution in [1.82, 2.24) is 14.9 Å². The SMILES string of the molecule is CCCCOc1ccc(N(Cc2cncc(-c3cc(OC)c(OC)c(OC)c3)c2)C2CCN(Cc3cncc(-c4cc(OC)c(OC)c(OC)c4)c3)CC2)cc1.Cl.Cl.Cl. The monoisotopic (exact) mass is 870 g/mol. The quantitative estimate of drug-likeness (QED) is 0.0788. The van der Waals surface area contributed by atoms with Crippen molar-refractivity contribution >= 4 is 42.9 Å². The first-order valence-corrected chi connectivity index (χ1v) is 19.1. The van der Waals surface area contributed by atoms with E-state index in [0.29, 0.717) is 47.1 Å². The highest BCUT2D eigenvalue weighted by atomic mass is 35.5. The molecule has 11 nitrogen and oxygen atoms in total. The lowest BCUT2D eigenvalue weighted by Crippen LogP contribution is -2.44. The maximum Gasteiger partial charge on any atom is 0.203 e. The van der Waals surface area contributed by atoms with Crippen molar-refractivity contribution in [3.63, 3.8) is 0 Å². The Hall–Kier alpha value is -4.81. The van der Waals surface area contributed by atoms with E-state index >= 15 is 0 Å². The molecule has 0 N–H and O–H groups in total. The van der Waals surface area contributed by atoms with Gasteiger partial charge in [0.15, 0.2) is 23.0 Å². The molecule has 5 aromatic rings. The molecule has 1 aliphatic heterocycles. The van der Waals surface area contributed by atoms with Crippen LogP contribution in [0.2, 0.25) is 0 Å². The van der Waals surface area contributed by atoms with Crippen LogP contribution in [0.4, 0.5) is 5.69 Å². The Morgan fingerprint density at radius 3 is 1.53 bits per heavy atom. The van der Waals surface area contributed by atoms with E-state index in [1.165, 1.54) is 0 Å². The second-order valence-corrected chi connectivity index (χ2v) is 13.8. The number of likely N-dealkylation sites (tertiary alicyclic amines) is 1. The van der Waals surface area contributed by atoms with E-state index < -0.39 is 0 Å². The molecule has 0 unspecified atom stereocenters. The van der Waals surface area contributed by atoms with Gasteiger partial charge in [-0.25, -0.2) is 0 Å². The first kappa shape index (κ1) is 48.6. The Morgan fingerprint density at radius 2 is 1.07 bits per heavy atom. The smallest absolute Gasteiger partial charge is 0.203 e. The van der Waals surface area contributed by atoms with Crippen LogP contribution in [0.25, 0.3) is 22.3 Å². The third-order valence-electron chi connectivity index (χ3n) is 10.3. The Bertz CT molecular complexity index is 2000. The molecule has 1 fully saturated rings. The molecule has 59 heavy (non-hydrogen) atoms. The first-order valence-electron chi connectivity index (χ1n) is 19.1. The van der Waals surface area contributed by atoms with Gasteiger partial charge >= 0.3 is 0 Å². The van der Waals surface area contributed by atoms with Crippen molar-refractivity contribution in [3.8, 4) is 62.5 Å². The Labute approximate surface area is 367 Å². The number of pyridine rings is 2. The van der Waals surface area contributed by atoms with Crippen LogP contribution >= 0.6 is 37.2 Å². The highest BCUT2D eigenvalue weighted by molar-refractivity contribution is 5.86. The minimum atomic E-state index is 0. The molecule has 0 atom stereocenters. The fourth-order valence-electron chi connectivity index (χ4n) is 7.30. The fraction of sp³-hybridized carbons (Fsp3) is 0.378. The van der Waals surface area contributed by atoms with Crippen LogP contribution in [0, 0.1) is 0 Å². The van der Waals surface area contributed by atoms with Gasteiger partial charge in [0.2, 0.25) is 11.5 Å². The molecule has 0 saturated carbocycles. The lowest BCUT2D eigenvalue weighted by molar-refractivity contribution is 0.200. The van der Waals surface area contributed by atoms with E-state index in [2.05, 4.69) is 63.1 Å². The molecule has 2 aromatic heterocycles. The Morgan fingerprint density at radius 1 is 0.593 bits per heavy atom. The summed E-state index contributed by atoms with van der Waals surface area (Å²) in [6.07, 6.45) is 11.8. The van der Waals surface area contributed by atoms with Crippen molar-refractivity contribution in [2.24, 2.45) is 0 Å². The van der Waals surface area contributed by atoms with E-state index in [1.807, 2.05) is 49.1 Å². The predicted molar refractivity (Wildman–Crippen MR) is 242 cm³/mol. The molecule has 0 bridgehead atoms. The van der Waals surface area contributed by atoms with Crippen LogP contribution in [0.5, 0.6) is 40.2 Å². The summed E-state index contributed by atoms with van der Waals surface area (Å²) in [5.41, 5.74) is 7.27. The van der Waals surface area contributed by atoms with E-state index in [-0.39, 0.29) is 37.2 Å². The largest absolute Gasteiger partial charge is 0.494 e. The van der Waals surface area contributed by atoms with E-state index in [0.717, 1.165) is 96.7 Å². The number of piperidine rings is 1. The molecular weight excluding hydrogens is 815 g/mol. The van der Waals surface area contributed by atoms with Gasteiger partial charge in [-0.05, 0) is 102 Å². The minimum absolute atomic E-state index is 0. The predicted octanol–water partition coefficient (Wildman–Crippen LogP) is 9.98. The number of rotatable bonds is 18. The molecule has 1 aliphatic rings. The van der Waals surface area contributed by atoms with Gasteiger partial charge in [0.25, 0.3) is 0 Å². The number of nitrogens with zero attached hydrogens (tertiary/aromatic N) is 4. The van der Waals surface area contributed by atoms with Gasteiger partial charge in [-0.2, -0.15) is 0 Å². The molecule has 3 aromatic carbocycles. The summed E-state index contributed by atoms with van der Waals surface area (Å²) in [5, 5.41) is 0. The normalized spacial score (nSPS) is 12.5. The average molecular weight is 872 g/mol. The molecule has 320 valence electrons. The Balaban J connectivity index is 0.00000310. The number of unbranched alkanes of at least 4 members (excludes halogenated alkanes) is 1. The summed E-state index contributed by atoms with van der Waals surface area (Å²) < 4.78 is 39.6. The minimum Gasteiger partial charge on any atom is -0.494 e. The number of ether oxygens (including phenoxy) is 7. The summed E-state index contributed by atoms with van der Waals surface area (Å²) >= 11 is 0. The topological polar surface area (TPSA) is 96.9 Å². The number of benzene rings is 3. The van der Waals surface area contributed by atoms with Crippen molar-refractivity contribution in [2.45, 2.75) is 51.7 Å². The zero-order chi connectivity index (χ0) is 39.4. The van der Waals surface area contributed by atoms with Crippen molar-refractivity contribution in [1.29, 1.82) is 0 Å². The highest BCUT2D eigenvalue weighted by Gasteiger charge is 2.26. The van der Waals surface area contributed by atoms with Crippen molar-refractivity contribution in [2.75, 3.05) is 67.3 Å². The zero-order valence-electron chi connectivity index (χ0n) is 34.9. The third-order valence-corrected chi connectivity index (χ3v) is 10.3. The average Bonchev–Trinajstić information content (AvgIpc) is 3.25. The molecular formula is C45H57Cl3N4O7. The summed E-state index contributed by atoms with van der Waals surface area (Å²) in [7, 11) is 9.74. The second-order valence-electron chi connectivity index (χ2n) is 13.8. The number of aromatic nitrogens is 2. The van der Waals surface area contributed by atoms with Crippen LogP contribution in [0.3, 0.4) is 0 Å². The van der Waals surface area contributed by atoms with Gasteiger partial charge in [0.1, 0.15) is 5.75 Å². The molecule has 0 aliphatic carbocycles. The van der Waals surface area contributed by atoms with Crippen LogP contribution in [-0.4, -0.2) is 83.3 Å². The number of methoxy groups -OCH3 is 6. The maximum atomic E-state index is 6.02. The van der Waals surface area contributed by atoms with Crippen molar-refractivity contribution in [3.05, 3.63) is 96.6 Å². The molecule has 3 heterocycles. The van der Waals surface area contributed by atoms with Crippen LogP contribution in [0.15, 0.2) is 85.5 Å². The highest BCUT2D eigenvalue weighted by Crippen LogP contribution is 2.42. The van der Waals surface area contributed by atoms with Crippen LogP contribution in [-0.2, 0) is 13.1 Å². The van der Waals surface area contributed by atoms with Crippen LogP contribution < -0.4 is 38.1 Å². The van der Waals surface area contributed by atoms with Gasteiger partial charge in [-0.3, -0.25) is 14.9 Å². The second kappa shape index (κ2) is 23.7. The summed E-state index contributed by atoms with van der Waals surface area (Å²) in [4.78, 5) is 14.3. The van der Waals surface area contributed by atoms with E-state index in [1.54, 1.807) is 42.7 Å². The molecule has 0 radical (unpaired) electrons. The van der Waals surface area contributed by atoms with Gasteiger partial charge in [-0.1, -0.05) is 13.3 Å². The van der Waals surface area contributed by atoms with Gasteiger partial charge in [0, 0.05) is 73.8 Å². The van der Waals surface area contributed by atoms with Gasteiger partial charge < -0.3 is 38.1 Å². The van der Waals surface area contributed by atoms with Gasteiger partial charge in [0.05, 0.1) is 49.3 Å². The van der Waals surface area contributed by atoms with Gasteiger partial charge in [-0.15, -0.1) is 37.2 Å². The molecule has 6 rings (SSSR count).